The third kappa shape index (κ3) is 6.33. The Morgan fingerprint density at radius 1 is 1.16 bits per heavy atom. The molecule has 3 aromatic rings. The van der Waals surface area contributed by atoms with E-state index in [0.29, 0.717) is 20.8 Å². The SMILES string of the molecule is CCOC(=O)Nc1nnc(SC(C(=O)Nc2ccc(OC)c(Cl)c2)c2ccccc2)s1. The Bertz CT molecular complexity index is 1050. The lowest BCUT2D eigenvalue weighted by molar-refractivity contribution is -0.115. The number of nitrogens with zero attached hydrogens (tertiary/aromatic N) is 2. The van der Waals surface area contributed by atoms with Crippen LogP contribution in [0.1, 0.15) is 17.7 Å². The molecule has 162 valence electrons. The van der Waals surface area contributed by atoms with Crippen LogP contribution in [-0.4, -0.2) is 35.9 Å². The lowest BCUT2D eigenvalue weighted by Gasteiger charge is -2.16. The smallest absolute Gasteiger partial charge is 0.413 e. The zero-order chi connectivity index (χ0) is 22.2. The van der Waals surface area contributed by atoms with Crippen molar-refractivity contribution >= 4 is 57.5 Å². The zero-order valence-electron chi connectivity index (χ0n) is 16.6. The van der Waals surface area contributed by atoms with E-state index in [4.69, 9.17) is 21.1 Å². The van der Waals surface area contributed by atoms with Gasteiger partial charge in [0.15, 0.2) is 4.34 Å². The molecule has 31 heavy (non-hydrogen) atoms. The second-order valence-corrected chi connectivity index (χ2v) is 8.70. The van der Waals surface area contributed by atoms with Gasteiger partial charge >= 0.3 is 6.09 Å². The highest BCUT2D eigenvalue weighted by Gasteiger charge is 2.24. The molecule has 8 nitrogen and oxygen atoms in total. The molecule has 2 N–H and O–H groups in total. The molecule has 1 unspecified atom stereocenters. The van der Waals surface area contributed by atoms with Gasteiger partial charge in [-0.2, -0.15) is 0 Å². The van der Waals surface area contributed by atoms with Gasteiger partial charge in [0.2, 0.25) is 11.0 Å². The average molecular weight is 479 g/mol. The topological polar surface area (TPSA) is 102 Å². The molecule has 3 rings (SSSR count). The summed E-state index contributed by atoms with van der Waals surface area (Å²) in [5.41, 5.74) is 1.33. The van der Waals surface area contributed by atoms with E-state index < -0.39 is 11.3 Å². The van der Waals surface area contributed by atoms with Crippen LogP contribution < -0.4 is 15.4 Å². The third-order valence-electron chi connectivity index (χ3n) is 3.87. The summed E-state index contributed by atoms with van der Waals surface area (Å²) < 4.78 is 10.5. The van der Waals surface area contributed by atoms with E-state index in [1.165, 1.54) is 18.9 Å². The van der Waals surface area contributed by atoms with E-state index in [2.05, 4.69) is 20.8 Å². The van der Waals surface area contributed by atoms with Crippen molar-refractivity contribution in [2.75, 3.05) is 24.4 Å². The number of carbonyl (C=O) groups is 2. The first-order valence-electron chi connectivity index (χ1n) is 9.13. The van der Waals surface area contributed by atoms with E-state index in [0.717, 1.165) is 16.9 Å². The van der Waals surface area contributed by atoms with Crippen LogP contribution in [0.3, 0.4) is 0 Å². The Morgan fingerprint density at radius 2 is 1.94 bits per heavy atom. The van der Waals surface area contributed by atoms with Gasteiger partial charge in [-0.25, -0.2) is 4.79 Å². The van der Waals surface area contributed by atoms with Crippen LogP contribution in [0, 0.1) is 0 Å². The Hall–Kier alpha value is -2.82. The number of nitrogens with one attached hydrogen (secondary N) is 2. The first-order valence-corrected chi connectivity index (χ1v) is 11.2. The second-order valence-electron chi connectivity index (χ2n) is 5.97. The van der Waals surface area contributed by atoms with E-state index in [1.807, 2.05) is 30.3 Å². The Morgan fingerprint density at radius 3 is 2.61 bits per heavy atom. The molecule has 0 radical (unpaired) electrons. The second kappa shape index (κ2) is 11.0. The van der Waals surface area contributed by atoms with E-state index in [1.54, 1.807) is 25.1 Å². The summed E-state index contributed by atoms with van der Waals surface area (Å²) >= 11 is 8.54. The fourth-order valence-electron chi connectivity index (χ4n) is 2.52. The summed E-state index contributed by atoms with van der Waals surface area (Å²) in [5, 5.41) is 13.5. The molecule has 0 aliphatic carbocycles. The highest BCUT2D eigenvalue weighted by atomic mass is 35.5. The third-order valence-corrected chi connectivity index (χ3v) is 6.34. The number of anilines is 2. The molecular weight excluding hydrogens is 460 g/mol. The van der Waals surface area contributed by atoms with Crippen LogP contribution in [-0.2, 0) is 9.53 Å². The van der Waals surface area contributed by atoms with Gasteiger partial charge in [0.25, 0.3) is 0 Å². The summed E-state index contributed by atoms with van der Waals surface area (Å²) in [6.07, 6.45) is -0.607. The molecule has 0 saturated carbocycles. The van der Waals surface area contributed by atoms with Gasteiger partial charge in [-0.15, -0.1) is 10.2 Å². The Kier molecular flexibility index (Phi) is 8.10. The van der Waals surface area contributed by atoms with Crippen molar-refractivity contribution < 1.29 is 19.1 Å². The van der Waals surface area contributed by atoms with Crippen molar-refractivity contribution in [2.45, 2.75) is 16.5 Å². The fourth-order valence-corrected chi connectivity index (χ4v) is 4.70. The number of hydrogen-bond donors (Lipinski definition) is 2. The molecule has 1 heterocycles. The number of ether oxygens (including phenoxy) is 2. The molecule has 0 fully saturated rings. The van der Waals surface area contributed by atoms with Gasteiger partial charge in [0, 0.05) is 5.69 Å². The molecule has 1 atom stereocenters. The molecule has 0 aliphatic heterocycles. The standard InChI is InChI=1S/C20H19ClN4O4S2/c1-3-29-19(27)23-18-24-25-20(31-18)30-16(12-7-5-4-6-8-12)17(26)22-13-9-10-15(28-2)14(21)11-13/h4-11,16H,3H2,1-2H3,(H,22,26)(H,23,24,27). The molecule has 0 spiro atoms. The maximum atomic E-state index is 13.1. The lowest BCUT2D eigenvalue weighted by Crippen LogP contribution is -2.19. The van der Waals surface area contributed by atoms with Crippen molar-refractivity contribution in [1.29, 1.82) is 0 Å². The number of benzene rings is 2. The van der Waals surface area contributed by atoms with Crippen LogP contribution >= 0.6 is 34.7 Å². The Labute approximate surface area is 192 Å². The normalized spacial score (nSPS) is 11.5. The summed E-state index contributed by atoms with van der Waals surface area (Å²) in [4.78, 5) is 24.7. The number of rotatable bonds is 8. The summed E-state index contributed by atoms with van der Waals surface area (Å²) in [5.74, 6) is 0.261. The predicted molar refractivity (Wildman–Crippen MR) is 122 cm³/mol. The number of aromatic nitrogens is 2. The van der Waals surface area contributed by atoms with Gasteiger partial charge in [0.1, 0.15) is 11.0 Å². The minimum atomic E-state index is -0.607. The molecule has 0 aliphatic rings. The number of halogens is 1. The minimum Gasteiger partial charge on any atom is -0.495 e. The summed E-state index contributed by atoms with van der Waals surface area (Å²) in [7, 11) is 1.52. The minimum absolute atomic E-state index is 0.248. The summed E-state index contributed by atoms with van der Waals surface area (Å²) in [6, 6.07) is 14.3. The highest BCUT2D eigenvalue weighted by Crippen LogP contribution is 2.39. The van der Waals surface area contributed by atoms with Crippen molar-refractivity contribution in [3.8, 4) is 5.75 Å². The molecule has 11 heteroatoms. The van der Waals surface area contributed by atoms with Crippen LogP contribution in [0.15, 0.2) is 52.9 Å². The quantitative estimate of drug-likeness (QED) is 0.337. The first-order chi connectivity index (χ1) is 15.0. The van der Waals surface area contributed by atoms with E-state index in [-0.39, 0.29) is 17.6 Å². The van der Waals surface area contributed by atoms with Gasteiger partial charge in [-0.3, -0.25) is 10.1 Å². The molecule has 0 bridgehead atoms. The number of methoxy groups -OCH3 is 1. The molecular formula is C20H19ClN4O4S2. The lowest BCUT2D eigenvalue weighted by atomic mass is 10.1. The van der Waals surface area contributed by atoms with Crippen LogP contribution in [0.4, 0.5) is 15.6 Å². The Balaban J connectivity index is 1.78. The predicted octanol–water partition coefficient (Wildman–Crippen LogP) is 5.24. The van der Waals surface area contributed by atoms with Crippen LogP contribution in [0.25, 0.3) is 0 Å². The maximum absolute atomic E-state index is 13.1. The van der Waals surface area contributed by atoms with Crippen molar-refractivity contribution in [3.05, 3.63) is 59.1 Å². The summed E-state index contributed by atoms with van der Waals surface area (Å²) in [6.45, 7) is 1.96. The molecule has 1 aromatic heterocycles. The van der Waals surface area contributed by atoms with Crippen molar-refractivity contribution in [2.24, 2.45) is 0 Å². The van der Waals surface area contributed by atoms with E-state index in [9.17, 15) is 9.59 Å². The molecule has 2 aromatic carbocycles. The monoisotopic (exact) mass is 478 g/mol. The van der Waals surface area contributed by atoms with Gasteiger partial charge in [-0.05, 0) is 30.7 Å². The molecule has 0 saturated heterocycles. The van der Waals surface area contributed by atoms with Gasteiger partial charge < -0.3 is 14.8 Å². The zero-order valence-corrected chi connectivity index (χ0v) is 19.0. The van der Waals surface area contributed by atoms with Gasteiger partial charge in [0.05, 0.1) is 18.7 Å². The van der Waals surface area contributed by atoms with E-state index >= 15 is 0 Å². The number of amides is 2. The number of hydrogen-bond acceptors (Lipinski definition) is 8. The average Bonchev–Trinajstić information content (AvgIpc) is 3.19. The first kappa shape index (κ1) is 22.9. The van der Waals surface area contributed by atoms with Gasteiger partial charge in [-0.1, -0.05) is 65.0 Å². The fraction of sp³-hybridized carbons (Fsp3) is 0.200. The van der Waals surface area contributed by atoms with Crippen molar-refractivity contribution in [1.82, 2.24) is 10.2 Å². The highest BCUT2D eigenvalue weighted by molar-refractivity contribution is 8.02. The number of thioether (sulfide) groups is 1. The number of carbonyl (C=O) groups excluding carboxylic acids is 2. The largest absolute Gasteiger partial charge is 0.495 e. The van der Waals surface area contributed by atoms with Crippen LogP contribution in [0.5, 0.6) is 5.75 Å². The van der Waals surface area contributed by atoms with Crippen molar-refractivity contribution in [3.63, 3.8) is 0 Å². The molecule has 2 amide bonds. The van der Waals surface area contributed by atoms with Crippen LogP contribution in [0.2, 0.25) is 5.02 Å². The maximum Gasteiger partial charge on any atom is 0.413 e.